The molecule has 0 unspecified atom stereocenters. The van der Waals surface area contributed by atoms with Gasteiger partial charge in [-0.05, 0) is 59.5 Å². The third-order valence-corrected chi connectivity index (χ3v) is 5.59. The Morgan fingerprint density at radius 2 is 1.85 bits per heavy atom. The highest BCUT2D eigenvalue weighted by molar-refractivity contribution is 5.93. The summed E-state index contributed by atoms with van der Waals surface area (Å²) < 4.78 is 16.8. The van der Waals surface area contributed by atoms with Crippen molar-refractivity contribution < 1.29 is 23.5 Å². The minimum Gasteiger partial charge on any atom is -0.489 e. The van der Waals surface area contributed by atoms with Crippen LogP contribution in [0.2, 0.25) is 0 Å². The molecule has 0 radical (unpaired) electrons. The molecule has 4 aromatic rings. The van der Waals surface area contributed by atoms with Gasteiger partial charge in [0.25, 0.3) is 0 Å². The highest BCUT2D eigenvalue weighted by Gasteiger charge is 2.14. The molecule has 0 fully saturated rings. The van der Waals surface area contributed by atoms with Crippen LogP contribution in [0.25, 0.3) is 22.1 Å². The molecule has 174 valence electrons. The highest BCUT2D eigenvalue weighted by Crippen LogP contribution is 2.32. The van der Waals surface area contributed by atoms with Gasteiger partial charge in [-0.1, -0.05) is 31.2 Å². The maximum Gasteiger partial charge on any atom is 0.310 e. The number of aryl methyl sites for hydroxylation is 1. The smallest absolute Gasteiger partial charge is 0.310 e. The van der Waals surface area contributed by atoms with Crippen molar-refractivity contribution >= 4 is 28.5 Å². The van der Waals surface area contributed by atoms with E-state index in [4.69, 9.17) is 13.9 Å². The minimum absolute atomic E-state index is 0.0368. The van der Waals surface area contributed by atoms with Crippen LogP contribution in [-0.4, -0.2) is 19.0 Å². The first kappa shape index (κ1) is 23.1. The van der Waals surface area contributed by atoms with E-state index in [0.29, 0.717) is 23.6 Å². The second kappa shape index (κ2) is 10.3. The van der Waals surface area contributed by atoms with Gasteiger partial charge in [-0.15, -0.1) is 0 Å². The largest absolute Gasteiger partial charge is 0.489 e. The number of hydrogen-bond acceptors (Lipinski definition) is 5. The number of rotatable bonds is 8. The van der Waals surface area contributed by atoms with Crippen molar-refractivity contribution in [3.8, 4) is 16.9 Å². The number of fused-ring (bicyclic) bond motifs is 1. The minimum atomic E-state index is -0.386. The number of methoxy groups -OCH3 is 1. The molecule has 0 spiro atoms. The van der Waals surface area contributed by atoms with Gasteiger partial charge in [0.1, 0.15) is 17.9 Å². The second-order valence-electron chi connectivity index (χ2n) is 8.08. The van der Waals surface area contributed by atoms with E-state index in [-0.39, 0.29) is 18.3 Å². The van der Waals surface area contributed by atoms with Gasteiger partial charge in [-0.2, -0.15) is 0 Å². The Hall–Kier alpha value is -4.06. The van der Waals surface area contributed by atoms with Crippen molar-refractivity contribution in [3.05, 3.63) is 83.6 Å². The number of benzene rings is 3. The number of amides is 1. The fourth-order valence-corrected chi connectivity index (χ4v) is 3.93. The molecule has 0 atom stereocenters. The van der Waals surface area contributed by atoms with Crippen molar-refractivity contribution in [3.63, 3.8) is 0 Å². The number of nitrogens with one attached hydrogen (secondary N) is 1. The molecule has 0 aliphatic rings. The van der Waals surface area contributed by atoms with Crippen LogP contribution in [0.15, 0.2) is 71.3 Å². The molecule has 4 rings (SSSR count). The maximum absolute atomic E-state index is 11.9. The Labute approximate surface area is 198 Å². The van der Waals surface area contributed by atoms with Crippen molar-refractivity contribution in [1.29, 1.82) is 0 Å². The van der Waals surface area contributed by atoms with Crippen molar-refractivity contribution in [1.82, 2.24) is 0 Å². The van der Waals surface area contributed by atoms with Gasteiger partial charge in [-0.3, -0.25) is 9.59 Å². The van der Waals surface area contributed by atoms with Gasteiger partial charge in [0, 0.05) is 29.1 Å². The van der Waals surface area contributed by atoms with E-state index in [1.807, 2.05) is 12.1 Å². The molecule has 6 nitrogen and oxygen atoms in total. The average Bonchev–Trinajstić information content (AvgIpc) is 3.31. The fourth-order valence-electron chi connectivity index (χ4n) is 3.93. The molecule has 0 aliphatic heterocycles. The number of ether oxygens (including phenoxy) is 2. The predicted molar refractivity (Wildman–Crippen MR) is 132 cm³/mol. The first-order chi connectivity index (χ1) is 16.5. The van der Waals surface area contributed by atoms with E-state index in [1.54, 1.807) is 24.5 Å². The molecule has 0 bridgehead atoms. The quantitative estimate of drug-likeness (QED) is 0.333. The summed E-state index contributed by atoms with van der Waals surface area (Å²) in [6, 6.07) is 19.7. The molecular weight excluding hydrogens is 430 g/mol. The van der Waals surface area contributed by atoms with Crippen LogP contribution in [0.3, 0.4) is 0 Å². The van der Waals surface area contributed by atoms with Crippen LogP contribution in [0.5, 0.6) is 5.75 Å². The first-order valence-electron chi connectivity index (χ1n) is 11.2. The Kier molecular flexibility index (Phi) is 6.97. The molecular formula is C28H27NO5. The molecule has 34 heavy (non-hydrogen) atoms. The van der Waals surface area contributed by atoms with Crippen LogP contribution in [-0.2, 0) is 33.8 Å². The average molecular weight is 458 g/mol. The van der Waals surface area contributed by atoms with Gasteiger partial charge >= 0.3 is 5.97 Å². The monoisotopic (exact) mass is 457 g/mol. The van der Waals surface area contributed by atoms with Gasteiger partial charge in [-0.25, -0.2) is 0 Å². The van der Waals surface area contributed by atoms with E-state index >= 15 is 0 Å². The van der Waals surface area contributed by atoms with Crippen LogP contribution in [0.1, 0.15) is 30.5 Å². The van der Waals surface area contributed by atoms with Crippen LogP contribution < -0.4 is 10.1 Å². The zero-order valence-electron chi connectivity index (χ0n) is 19.5. The number of carbonyl (C=O) groups is 2. The van der Waals surface area contributed by atoms with Crippen LogP contribution >= 0.6 is 0 Å². The van der Waals surface area contributed by atoms with E-state index in [2.05, 4.69) is 42.6 Å². The van der Waals surface area contributed by atoms with E-state index in [0.717, 1.165) is 34.1 Å². The van der Waals surface area contributed by atoms with Crippen molar-refractivity contribution in [2.45, 2.75) is 33.3 Å². The van der Waals surface area contributed by atoms with E-state index in [1.165, 1.54) is 19.6 Å². The first-order valence-corrected chi connectivity index (χ1v) is 11.2. The summed E-state index contributed by atoms with van der Waals surface area (Å²) in [5.41, 5.74) is 6.39. The Morgan fingerprint density at radius 1 is 1.00 bits per heavy atom. The lowest BCUT2D eigenvalue weighted by molar-refractivity contribution is -0.139. The summed E-state index contributed by atoms with van der Waals surface area (Å²) in [5, 5.41) is 3.73. The Balaban J connectivity index is 1.64. The predicted octanol–water partition coefficient (Wildman–Crippen LogP) is 5.92. The lowest BCUT2D eigenvalue weighted by Gasteiger charge is -2.14. The highest BCUT2D eigenvalue weighted by atomic mass is 16.5. The van der Waals surface area contributed by atoms with Crippen LogP contribution in [0, 0.1) is 0 Å². The third-order valence-electron chi connectivity index (χ3n) is 5.59. The van der Waals surface area contributed by atoms with Crippen molar-refractivity contribution in [2.75, 3.05) is 12.4 Å². The molecule has 1 amide bonds. The number of anilines is 1. The van der Waals surface area contributed by atoms with Gasteiger partial charge in [0.2, 0.25) is 5.91 Å². The molecule has 1 N–H and O–H groups in total. The van der Waals surface area contributed by atoms with Crippen LogP contribution in [0.4, 0.5) is 5.69 Å². The normalized spacial score (nSPS) is 10.8. The summed E-state index contributed by atoms with van der Waals surface area (Å²) in [6.07, 6.45) is 2.68. The third kappa shape index (κ3) is 5.29. The molecule has 1 heterocycles. The fraction of sp³-hybridized carbons (Fsp3) is 0.214. The van der Waals surface area contributed by atoms with Gasteiger partial charge in [0.05, 0.1) is 19.8 Å². The lowest BCUT2D eigenvalue weighted by Crippen LogP contribution is -2.10. The topological polar surface area (TPSA) is 77.8 Å². The van der Waals surface area contributed by atoms with E-state index < -0.39 is 0 Å². The SMILES string of the molecule is CCc1cccc(-c2cc(COc3ccc(NC(C)=O)cc3CC(=O)OC)cc3ccoc23)c1. The standard InChI is InChI=1S/C28H27NO5/c1-4-19-6-5-7-21(12-19)25-14-20(13-22-10-11-33-28(22)25)17-34-26-9-8-24(29-18(2)30)15-23(26)16-27(31)32-3/h5-15H,4,16-17H2,1-3H3,(H,29,30). The molecule has 0 saturated carbocycles. The molecule has 6 heteroatoms. The number of esters is 1. The van der Waals surface area contributed by atoms with Gasteiger partial charge in [0.15, 0.2) is 0 Å². The number of carbonyl (C=O) groups excluding carboxylic acids is 2. The number of furan rings is 1. The molecule has 1 aromatic heterocycles. The number of hydrogen-bond donors (Lipinski definition) is 1. The zero-order chi connectivity index (χ0) is 24.1. The van der Waals surface area contributed by atoms with Gasteiger partial charge < -0.3 is 19.2 Å². The Morgan fingerprint density at radius 3 is 2.62 bits per heavy atom. The lowest BCUT2D eigenvalue weighted by atomic mass is 9.98. The summed E-state index contributed by atoms with van der Waals surface area (Å²) in [5.74, 6) is -0.0187. The summed E-state index contributed by atoms with van der Waals surface area (Å²) in [7, 11) is 1.34. The summed E-state index contributed by atoms with van der Waals surface area (Å²) >= 11 is 0. The maximum atomic E-state index is 11.9. The van der Waals surface area contributed by atoms with E-state index in [9.17, 15) is 9.59 Å². The molecule has 0 aliphatic carbocycles. The Bertz CT molecular complexity index is 1340. The summed E-state index contributed by atoms with van der Waals surface area (Å²) in [6.45, 7) is 3.87. The molecule has 3 aromatic carbocycles. The molecule has 0 saturated heterocycles. The second-order valence-corrected chi connectivity index (χ2v) is 8.08. The zero-order valence-corrected chi connectivity index (χ0v) is 19.5. The summed E-state index contributed by atoms with van der Waals surface area (Å²) in [4.78, 5) is 23.4. The van der Waals surface area contributed by atoms with Crippen molar-refractivity contribution in [2.24, 2.45) is 0 Å².